The van der Waals surface area contributed by atoms with E-state index in [-0.39, 0.29) is 16.7 Å². The van der Waals surface area contributed by atoms with Gasteiger partial charge in [-0.15, -0.1) is 0 Å². The van der Waals surface area contributed by atoms with Gasteiger partial charge in [0, 0.05) is 17.8 Å². The largest absolute Gasteiger partial charge is 0.306 e. The second-order valence-electron chi connectivity index (χ2n) is 3.62. The first-order valence-electron chi connectivity index (χ1n) is 5.20. The molecule has 102 valence electrons. The highest BCUT2D eigenvalue weighted by Crippen LogP contribution is 2.17. The Morgan fingerprint density at radius 1 is 1.40 bits per heavy atom. The maximum Gasteiger partial charge on any atom is 0.273 e. The minimum atomic E-state index is -0.884. The number of nitro benzene ring substituents is 1. The number of nitrogens with one attached hydrogen (secondary N) is 1. The lowest BCUT2D eigenvalue weighted by molar-refractivity contribution is -0.385. The van der Waals surface area contributed by atoms with Gasteiger partial charge in [0.25, 0.3) is 11.6 Å². The van der Waals surface area contributed by atoms with Crippen LogP contribution in [0.5, 0.6) is 0 Å². The summed E-state index contributed by atoms with van der Waals surface area (Å²) in [6.07, 6.45) is 1.32. The number of carbonyl (C=O) groups excluding carboxylic acids is 1. The van der Waals surface area contributed by atoms with Gasteiger partial charge in [0.15, 0.2) is 0 Å². The van der Waals surface area contributed by atoms with Crippen molar-refractivity contribution in [2.75, 3.05) is 5.32 Å². The molecule has 0 saturated carbocycles. The summed E-state index contributed by atoms with van der Waals surface area (Å²) in [4.78, 5) is 29.0. The van der Waals surface area contributed by atoms with Crippen LogP contribution in [-0.2, 0) is 0 Å². The second-order valence-corrected chi connectivity index (χ2v) is 3.96. The molecule has 0 unspecified atom stereocenters. The highest BCUT2D eigenvalue weighted by atomic mass is 35.5. The van der Waals surface area contributed by atoms with Crippen molar-refractivity contribution >= 4 is 29.0 Å². The quantitative estimate of drug-likeness (QED) is 0.533. The van der Waals surface area contributed by atoms with Gasteiger partial charge >= 0.3 is 0 Å². The lowest BCUT2D eigenvalue weighted by Gasteiger charge is -2.04. The summed E-state index contributed by atoms with van der Waals surface area (Å²) in [5.41, 5.74) is -0.720. The van der Waals surface area contributed by atoms with Gasteiger partial charge in [-0.3, -0.25) is 14.9 Å². The monoisotopic (exact) mass is 296 g/mol. The second kappa shape index (κ2) is 5.57. The summed E-state index contributed by atoms with van der Waals surface area (Å²) in [5, 5.41) is 12.9. The lowest BCUT2D eigenvalue weighted by Crippen LogP contribution is -2.13. The van der Waals surface area contributed by atoms with Crippen LogP contribution in [0.4, 0.5) is 15.9 Å². The van der Waals surface area contributed by atoms with E-state index in [4.69, 9.17) is 11.6 Å². The molecule has 1 heterocycles. The normalized spacial score (nSPS) is 10.1. The SMILES string of the molecule is O=C(Nc1ccnc(Cl)n1)c1cc(F)cc([N+](=O)[O-])c1. The van der Waals surface area contributed by atoms with Crippen LogP contribution in [0.3, 0.4) is 0 Å². The number of anilines is 1. The molecule has 2 aromatic rings. The van der Waals surface area contributed by atoms with Crippen molar-refractivity contribution in [2.24, 2.45) is 0 Å². The maximum atomic E-state index is 13.2. The summed E-state index contributed by atoms with van der Waals surface area (Å²) < 4.78 is 13.2. The first kappa shape index (κ1) is 13.8. The number of halogens is 2. The van der Waals surface area contributed by atoms with Crippen LogP contribution in [-0.4, -0.2) is 20.8 Å². The Kier molecular flexibility index (Phi) is 3.85. The van der Waals surface area contributed by atoms with Gasteiger partial charge in [-0.25, -0.2) is 14.4 Å². The first-order valence-corrected chi connectivity index (χ1v) is 5.58. The Balaban J connectivity index is 2.27. The van der Waals surface area contributed by atoms with Crippen LogP contribution >= 0.6 is 11.6 Å². The summed E-state index contributed by atoms with van der Waals surface area (Å²) in [5.74, 6) is -1.53. The van der Waals surface area contributed by atoms with Gasteiger partial charge in [-0.2, -0.15) is 0 Å². The molecule has 1 aromatic carbocycles. The zero-order chi connectivity index (χ0) is 14.7. The molecule has 9 heteroatoms. The highest BCUT2D eigenvalue weighted by Gasteiger charge is 2.15. The van der Waals surface area contributed by atoms with Crippen molar-refractivity contribution in [3.8, 4) is 0 Å². The van der Waals surface area contributed by atoms with Crippen LogP contribution in [0.25, 0.3) is 0 Å². The molecule has 0 aliphatic heterocycles. The summed E-state index contributed by atoms with van der Waals surface area (Å²) in [6.45, 7) is 0. The number of hydrogen-bond donors (Lipinski definition) is 1. The van der Waals surface area contributed by atoms with E-state index in [1.54, 1.807) is 0 Å². The fourth-order valence-corrected chi connectivity index (χ4v) is 1.55. The summed E-state index contributed by atoms with van der Waals surface area (Å²) >= 11 is 5.54. The molecular formula is C11H6ClFN4O3. The Morgan fingerprint density at radius 3 is 2.80 bits per heavy atom. The zero-order valence-electron chi connectivity index (χ0n) is 9.71. The van der Waals surface area contributed by atoms with E-state index in [0.29, 0.717) is 0 Å². The maximum absolute atomic E-state index is 13.2. The van der Waals surface area contributed by atoms with Gasteiger partial charge < -0.3 is 5.32 Å². The Morgan fingerprint density at radius 2 is 2.15 bits per heavy atom. The molecule has 0 radical (unpaired) electrons. The molecule has 0 bridgehead atoms. The van der Waals surface area contributed by atoms with Crippen LogP contribution < -0.4 is 5.32 Å². The zero-order valence-corrected chi connectivity index (χ0v) is 10.5. The van der Waals surface area contributed by atoms with Crippen molar-refractivity contribution < 1.29 is 14.1 Å². The molecule has 1 amide bonds. The van der Waals surface area contributed by atoms with E-state index in [0.717, 1.165) is 18.2 Å². The molecule has 0 saturated heterocycles. The molecule has 20 heavy (non-hydrogen) atoms. The van der Waals surface area contributed by atoms with Crippen molar-refractivity contribution in [2.45, 2.75) is 0 Å². The highest BCUT2D eigenvalue weighted by molar-refractivity contribution is 6.28. The van der Waals surface area contributed by atoms with Crippen molar-refractivity contribution in [3.63, 3.8) is 0 Å². The summed E-state index contributed by atoms with van der Waals surface area (Å²) in [6, 6.07) is 3.93. The Bertz CT molecular complexity index is 695. The van der Waals surface area contributed by atoms with Gasteiger partial charge in [-0.1, -0.05) is 0 Å². The standard InChI is InChI=1S/C11H6ClFN4O3/c12-11-14-2-1-9(16-11)15-10(18)6-3-7(13)5-8(4-6)17(19)20/h1-5H,(H,14,15,16,18). The van der Waals surface area contributed by atoms with E-state index in [1.807, 2.05) is 0 Å². The third kappa shape index (κ3) is 3.23. The third-order valence-corrected chi connectivity index (χ3v) is 2.41. The van der Waals surface area contributed by atoms with Gasteiger partial charge in [0.05, 0.1) is 11.0 Å². The number of carbonyl (C=O) groups is 1. The molecule has 0 atom stereocenters. The number of benzene rings is 1. The van der Waals surface area contributed by atoms with Crippen molar-refractivity contribution in [3.05, 3.63) is 57.2 Å². The average molecular weight is 297 g/mol. The Labute approximate surface area is 116 Å². The van der Waals surface area contributed by atoms with E-state index in [1.165, 1.54) is 12.3 Å². The van der Waals surface area contributed by atoms with Crippen LogP contribution in [0, 0.1) is 15.9 Å². The van der Waals surface area contributed by atoms with Gasteiger partial charge in [-0.05, 0) is 23.7 Å². The summed E-state index contributed by atoms with van der Waals surface area (Å²) in [7, 11) is 0. The smallest absolute Gasteiger partial charge is 0.273 e. The minimum Gasteiger partial charge on any atom is -0.306 e. The number of nitrogens with zero attached hydrogens (tertiary/aromatic N) is 3. The molecule has 1 N–H and O–H groups in total. The Hall–Kier alpha value is -2.61. The van der Waals surface area contributed by atoms with Gasteiger partial charge in [0.2, 0.25) is 5.28 Å². The molecule has 0 spiro atoms. The fraction of sp³-hybridized carbons (Fsp3) is 0. The number of aromatic nitrogens is 2. The number of non-ortho nitro benzene ring substituents is 1. The van der Waals surface area contributed by atoms with E-state index in [9.17, 15) is 19.3 Å². The molecule has 2 rings (SSSR count). The third-order valence-electron chi connectivity index (χ3n) is 2.22. The molecule has 0 aliphatic rings. The lowest BCUT2D eigenvalue weighted by atomic mass is 10.2. The van der Waals surface area contributed by atoms with Crippen molar-refractivity contribution in [1.82, 2.24) is 9.97 Å². The van der Waals surface area contributed by atoms with Crippen LogP contribution in [0.2, 0.25) is 5.28 Å². The molecule has 1 aromatic heterocycles. The van der Waals surface area contributed by atoms with E-state index in [2.05, 4.69) is 15.3 Å². The molecule has 0 fully saturated rings. The first-order chi connectivity index (χ1) is 9.45. The molecular weight excluding hydrogens is 291 g/mol. The van der Waals surface area contributed by atoms with Crippen molar-refractivity contribution in [1.29, 1.82) is 0 Å². The van der Waals surface area contributed by atoms with E-state index >= 15 is 0 Å². The van der Waals surface area contributed by atoms with E-state index < -0.39 is 22.3 Å². The number of amides is 1. The topological polar surface area (TPSA) is 98.0 Å². The minimum absolute atomic E-state index is 0.0759. The fourth-order valence-electron chi connectivity index (χ4n) is 1.40. The number of hydrogen-bond acceptors (Lipinski definition) is 5. The predicted octanol–water partition coefficient (Wildman–Crippen LogP) is 2.43. The molecule has 7 nitrogen and oxygen atoms in total. The van der Waals surface area contributed by atoms with Crippen LogP contribution in [0.15, 0.2) is 30.5 Å². The van der Waals surface area contributed by atoms with Gasteiger partial charge in [0.1, 0.15) is 11.6 Å². The number of nitro groups is 1. The average Bonchev–Trinajstić information content (AvgIpc) is 2.37. The number of rotatable bonds is 3. The molecule has 0 aliphatic carbocycles. The van der Waals surface area contributed by atoms with Crippen LogP contribution in [0.1, 0.15) is 10.4 Å². The predicted molar refractivity (Wildman–Crippen MR) is 68.0 cm³/mol.